The summed E-state index contributed by atoms with van der Waals surface area (Å²) in [6.45, 7) is 2.58. The molecule has 0 atom stereocenters. The maximum atomic E-state index is 12.4. The predicted octanol–water partition coefficient (Wildman–Crippen LogP) is 4.21. The number of thioether (sulfide) groups is 1. The Bertz CT molecular complexity index is 866. The quantitative estimate of drug-likeness (QED) is 0.763. The van der Waals surface area contributed by atoms with Gasteiger partial charge in [-0.05, 0) is 44.0 Å². The van der Waals surface area contributed by atoms with Crippen molar-refractivity contribution in [3.05, 3.63) is 46.6 Å². The summed E-state index contributed by atoms with van der Waals surface area (Å²) < 4.78 is 29.2. The minimum atomic E-state index is -2.98. The summed E-state index contributed by atoms with van der Waals surface area (Å²) in [4.78, 5) is 16.6. The number of ether oxygens (including phenoxy) is 1. The molecular formula is C18H17F2N3O2S. The van der Waals surface area contributed by atoms with Gasteiger partial charge in [0.05, 0.1) is 17.0 Å². The molecule has 8 heteroatoms. The third-order valence-electron chi connectivity index (χ3n) is 3.79. The number of nitrogens with one attached hydrogen (secondary N) is 1. The van der Waals surface area contributed by atoms with Gasteiger partial charge in [-0.3, -0.25) is 4.79 Å². The summed E-state index contributed by atoms with van der Waals surface area (Å²) in [7, 11) is 0. The van der Waals surface area contributed by atoms with Crippen LogP contribution in [0.15, 0.2) is 29.3 Å². The Morgan fingerprint density at radius 1 is 1.31 bits per heavy atom. The molecule has 0 aliphatic heterocycles. The Balaban J connectivity index is 2.10. The van der Waals surface area contributed by atoms with Crippen molar-refractivity contribution in [2.45, 2.75) is 32.4 Å². The van der Waals surface area contributed by atoms with E-state index >= 15 is 0 Å². The number of amides is 1. The highest BCUT2D eigenvalue weighted by atomic mass is 32.2. The van der Waals surface area contributed by atoms with Gasteiger partial charge in [-0.1, -0.05) is 23.9 Å². The smallest absolute Gasteiger partial charge is 0.387 e. The van der Waals surface area contributed by atoms with Gasteiger partial charge in [-0.25, -0.2) is 4.98 Å². The largest absolute Gasteiger partial charge is 0.433 e. The second kappa shape index (κ2) is 8.63. The van der Waals surface area contributed by atoms with Crippen LogP contribution in [0.5, 0.6) is 5.75 Å². The number of hydrogen-bond donors (Lipinski definition) is 1. The van der Waals surface area contributed by atoms with Crippen LogP contribution in [-0.4, -0.2) is 23.3 Å². The third kappa shape index (κ3) is 4.70. The maximum Gasteiger partial charge on any atom is 0.387 e. The molecule has 1 amide bonds. The normalized spacial score (nSPS) is 10.5. The molecule has 0 radical (unpaired) electrons. The second-order valence-electron chi connectivity index (χ2n) is 5.45. The zero-order chi connectivity index (χ0) is 19.3. The molecule has 1 aromatic heterocycles. The summed E-state index contributed by atoms with van der Waals surface area (Å²) in [5.74, 6) is -0.548. The molecule has 1 heterocycles. The molecule has 0 saturated heterocycles. The molecule has 0 saturated carbocycles. The van der Waals surface area contributed by atoms with Gasteiger partial charge in [-0.2, -0.15) is 14.0 Å². The van der Waals surface area contributed by atoms with Crippen LogP contribution in [0.2, 0.25) is 0 Å². The van der Waals surface area contributed by atoms with E-state index in [4.69, 9.17) is 0 Å². The van der Waals surface area contributed by atoms with Crippen molar-refractivity contribution in [1.29, 1.82) is 5.26 Å². The zero-order valence-corrected chi connectivity index (χ0v) is 15.3. The SMILES string of the molecule is Cc1nc(SCC(=O)Nc2ccccc2OC(F)F)c(C#N)c(C)c1C. The summed E-state index contributed by atoms with van der Waals surface area (Å²) >= 11 is 1.12. The molecule has 5 nitrogen and oxygen atoms in total. The summed E-state index contributed by atoms with van der Waals surface area (Å²) in [5.41, 5.74) is 3.16. The standard InChI is InChI=1S/C18H17F2N3O2S/c1-10-11(2)13(8-21)17(22-12(10)3)26-9-16(24)23-14-6-4-5-7-15(14)25-18(19)20/h4-7,18H,9H2,1-3H3,(H,23,24). The third-order valence-corrected chi connectivity index (χ3v) is 4.77. The van der Waals surface area contributed by atoms with Crippen molar-refractivity contribution in [3.63, 3.8) is 0 Å². The number of rotatable bonds is 6. The fraction of sp³-hybridized carbons (Fsp3) is 0.278. The molecule has 0 unspecified atom stereocenters. The molecule has 1 aromatic carbocycles. The molecular weight excluding hydrogens is 360 g/mol. The average molecular weight is 377 g/mol. The highest BCUT2D eigenvalue weighted by Gasteiger charge is 2.16. The first-order valence-electron chi connectivity index (χ1n) is 7.67. The Morgan fingerprint density at radius 3 is 2.65 bits per heavy atom. The highest BCUT2D eigenvalue weighted by molar-refractivity contribution is 8.00. The number of benzene rings is 1. The number of anilines is 1. The van der Waals surface area contributed by atoms with Crippen LogP contribution in [0.25, 0.3) is 0 Å². The lowest BCUT2D eigenvalue weighted by Gasteiger charge is -2.13. The number of para-hydroxylation sites is 2. The maximum absolute atomic E-state index is 12.4. The van der Waals surface area contributed by atoms with Crippen LogP contribution in [0.4, 0.5) is 14.5 Å². The Labute approximate surface area is 154 Å². The van der Waals surface area contributed by atoms with E-state index in [2.05, 4.69) is 21.1 Å². The van der Waals surface area contributed by atoms with Crippen molar-refractivity contribution in [3.8, 4) is 11.8 Å². The van der Waals surface area contributed by atoms with Crippen LogP contribution in [0.1, 0.15) is 22.4 Å². The number of alkyl halides is 2. The number of carbonyl (C=O) groups is 1. The van der Waals surface area contributed by atoms with E-state index in [0.29, 0.717) is 10.6 Å². The van der Waals surface area contributed by atoms with E-state index in [-0.39, 0.29) is 17.2 Å². The summed E-state index contributed by atoms with van der Waals surface area (Å²) in [5, 5.41) is 12.4. The van der Waals surface area contributed by atoms with Gasteiger partial charge in [-0.15, -0.1) is 0 Å². The Kier molecular flexibility index (Phi) is 6.52. The lowest BCUT2D eigenvalue weighted by Crippen LogP contribution is -2.16. The average Bonchev–Trinajstić information content (AvgIpc) is 2.59. The van der Waals surface area contributed by atoms with Crippen molar-refractivity contribution in [2.75, 3.05) is 11.1 Å². The first-order chi connectivity index (χ1) is 12.3. The number of carbonyl (C=O) groups excluding carboxylic acids is 1. The molecule has 0 aliphatic rings. The molecule has 26 heavy (non-hydrogen) atoms. The second-order valence-corrected chi connectivity index (χ2v) is 6.41. The molecule has 1 N–H and O–H groups in total. The van der Waals surface area contributed by atoms with Crippen LogP contribution in [0, 0.1) is 32.1 Å². The Hall–Kier alpha value is -2.66. The number of nitrogens with zero attached hydrogens (tertiary/aromatic N) is 2. The van der Waals surface area contributed by atoms with Gasteiger partial charge in [0.1, 0.15) is 16.8 Å². The lowest BCUT2D eigenvalue weighted by atomic mass is 10.1. The molecule has 0 fully saturated rings. The van der Waals surface area contributed by atoms with E-state index in [1.165, 1.54) is 18.2 Å². The van der Waals surface area contributed by atoms with E-state index < -0.39 is 12.5 Å². The number of pyridine rings is 1. The lowest BCUT2D eigenvalue weighted by molar-refractivity contribution is -0.113. The molecule has 2 aromatic rings. The number of aryl methyl sites for hydroxylation is 1. The predicted molar refractivity (Wildman–Crippen MR) is 95.6 cm³/mol. The molecule has 2 rings (SSSR count). The van der Waals surface area contributed by atoms with Gasteiger partial charge in [0.2, 0.25) is 5.91 Å². The first kappa shape index (κ1) is 19.7. The number of halogens is 2. The van der Waals surface area contributed by atoms with Gasteiger partial charge in [0, 0.05) is 5.69 Å². The van der Waals surface area contributed by atoms with Gasteiger partial charge in [0.15, 0.2) is 0 Å². The fourth-order valence-corrected chi connectivity index (χ4v) is 3.12. The van der Waals surface area contributed by atoms with Crippen LogP contribution in [-0.2, 0) is 4.79 Å². The van der Waals surface area contributed by atoms with Gasteiger partial charge < -0.3 is 10.1 Å². The highest BCUT2D eigenvalue weighted by Crippen LogP contribution is 2.28. The number of hydrogen-bond acceptors (Lipinski definition) is 5. The van der Waals surface area contributed by atoms with Crippen molar-refractivity contribution in [1.82, 2.24) is 4.98 Å². The summed E-state index contributed by atoms with van der Waals surface area (Å²) in [6, 6.07) is 8.06. The van der Waals surface area contributed by atoms with E-state index in [1.54, 1.807) is 6.07 Å². The van der Waals surface area contributed by atoms with Crippen molar-refractivity contribution < 1.29 is 18.3 Å². The summed E-state index contributed by atoms with van der Waals surface area (Å²) in [6.07, 6.45) is 0. The first-order valence-corrected chi connectivity index (χ1v) is 8.66. The molecule has 136 valence electrons. The van der Waals surface area contributed by atoms with Crippen LogP contribution >= 0.6 is 11.8 Å². The van der Waals surface area contributed by atoms with Crippen LogP contribution < -0.4 is 10.1 Å². The topological polar surface area (TPSA) is 75.0 Å². The van der Waals surface area contributed by atoms with E-state index in [9.17, 15) is 18.8 Å². The number of nitriles is 1. The minimum absolute atomic E-state index is 0.0212. The van der Waals surface area contributed by atoms with E-state index in [0.717, 1.165) is 28.6 Å². The number of aromatic nitrogens is 1. The monoisotopic (exact) mass is 377 g/mol. The van der Waals surface area contributed by atoms with Crippen molar-refractivity contribution in [2.24, 2.45) is 0 Å². The van der Waals surface area contributed by atoms with E-state index in [1.807, 2.05) is 20.8 Å². The fourth-order valence-electron chi connectivity index (χ4n) is 2.24. The molecule has 0 bridgehead atoms. The Morgan fingerprint density at radius 2 is 2.00 bits per heavy atom. The molecule has 0 aliphatic carbocycles. The van der Waals surface area contributed by atoms with Gasteiger partial charge in [0.25, 0.3) is 0 Å². The molecule has 0 spiro atoms. The van der Waals surface area contributed by atoms with Gasteiger partial charge >= 0.3 is 6.61 Å². The zero-order valence-electron chi connectivity index (χ0n) is 14.5. The van der Waals surface area contributed by atoms with Crippen molar-refractivity contribution >= 4 is 23.4 Å². The van der Waals surface area contributed by atoms with Crippen LogP contribution in [0.3, 0.4) is 0 Å². The minimum Gasteiger partial charge on any atom is -0.433 e.